The summed E-state index contributed by atoms with van der Waals surface area (Å²) in [5.74, 6) is 0. The van der Waals surface area contributed by atoms with Crippen LogP contribution in [0.2, 0.25) is 0 Å². The zero-order valence-corrected chi connectivity index (χ0v) is 3.83. The fourth-order valence-corrected chi connectivity index (χ4v) is 0. The van der Waals surface area contributed by atoms with Crippen molar-refractivity contribution in [1.82, 2.24) is 0 Å². The van der Waals surface area contributed by atoms with Crippen molar-refractivity contribution in [2.45, 2.75) is 0 Å². The van der Waals surface area contributed by atoms with E-state index in [0.717, 1.165) is 0 Å². The van der Waals surface area contributed by atoms with Gasteiger partial charge in [0.15, 0.2) is 0 Å². The Morgan fingerprint density at radius 1 is 1.43 bits per heavy atom. The molecule has 0 amide bonds. The molecular weight excluding hydrogens is 95.0 g/mol. The fraction of sp³-hybridized carbons (Fsp3) is 0. The summed E-state index contributed by atoms with van der Waals surface area (Å²) in [5, 5.41) is 15.1. The summed E-state index contributed by atoms with van der Waals surface area (Å²) in [5.41, 5.74) is 0. The average Bonchev–Trinajstić information content (AvgIpc) is 1.39. The molecule has 0 bridgehead atoms. The van der Waals surface area contributed by atoms with Crippen LogP contribution in [0.1, 0.15) is 0 Å². The largest absolute Gasteiger partial charge is 1.00 e. The van der Waals surface area contributed by atoms with Crippen LogP contribution in [0.3, 0.4) is 0 Å². The second-order valence-corrected chi connectivity index (χ2v) is 0.202. The van der Waals surface area contributed by atoms with Crippen molar-refractivity contribution in [2.75, 3.05) is 0 Å². The monoisotopic (exact) mass is 98.0 g/mol. The fourth-order valence-electron chi connectivity index (χ4n) is 0. The first-order chi connectivity index (χ1) is 2.83. The molecule has 4 nitrogen and oxygen atoms in total. The molecule has 0 aliphatic carbocycles. The molecule has 0 saturated heterocycles. The molecule has 0 unspecified atom stereocenters. The molecule has 7 heavy (non-hydrogen) atoms. The summed E-state index contributed by atoms with van der Waals surface area (Å²) in [6.45, 7) is -0.750. The molecule has 0 radical (unpaired) electrons. The van der Waals surface area contributed by atoms with Crippen LogP contribution in [0.15, 0.2) is 0 Å². The maximum absolute atomic E-state index is 8.36. The third kappa shape index (κ3) is 324. The van der Waals surface area contributed by atoms with Gasteiger partial charge in [0.05, 0.1) is 0 Å². The standard InChI is InChI=1S/2CH2O2.Li/c2*2-1-3;/h2*1H,(H,2,3);/q;;+1/p-1. The summed E-state index contributed by atoms with van der Waals surface area (Å²) in [4.78, 5) is 16.6. The predicted molar refractivity (Wildman–Crippen MR) is 14.8 cm³/mol. The van der Waals surface area contributed by atoms with Crippen molar-refractivity contribution in [3.8, 4) is 0 Å². The van der Waals surface area contributed by atoms with E-state index in [9.17, 15) is 0 Å². The quantitative estimate of drug-likeness (QED) is 0.243. The molecule has 5 heteroatoms. The van der Waals surface area contributed by atoms with E-state index in [0.29, 0.717) is 0 Å². The van der Waals surface area contributed by atoms with Crippen molar-refractivity contribution in [1.29, 1.82) is 0 Å². The Morgan fingerprint density at radius 3 is 1.43 bits per heavy atom. The van der Waals surface area contributed by atoms with E-state index in [-0.39, 0.29) is 25.3 Å². The number of carboxylic acid groups (broad SMARTS) is 2. The normalized spacial score (nSPS) is 3.43. The second-order valence-electron chi connectivity index (χ2n) is 0.202. The first-order valence-electron chi connectivity index (χ1n) is 0.965. The van der Waals surface area contributed by atoms with Crippen molar-refractivity contribution in [3.63, 3.8) is 0 Å². The van der Waals surface area contributed by atoms with E-state index >= 15 is 0 Å². The van der Waals surface area contributed by atoms with Crippen molar-refractivity contribution < 1.29 is 38.7 Å². The van der Waals surface area contributed by atoms with Gasteiger partial charge in [0.2, 0.25) is 0 Å². The van der Waals surface area contributed by atoms with Gasteiger partial charge in [-0.2, -0.15) is 0 Å². The van der Waals surface area contributed by atoms with Crippen LogP contribution < -0.4 is 24.0 Å². The summed E-state index contributed by atoms with van der Waals surface area (Å²) >= 11 is 0. The van der Waals surface area contributed by atoms with Gasteiger partial charge in [-0.05, 0) is 0 Å². The van der Waals surface area contributed by atoms with Gasteiger partial charge in [0.1, 0.15) is 0 Å². The van der Waals surface area contributed by atoms with Crippen molar-refractivity contribution in [3.05, 3.63) is 0 Å². The number of carbonyl (C=O) groups excluding carboxylic acids is 1. The molecule has 0 aromatic rings. The second kappa shape index (κ2) is 48.2. The molecular formula is C2H3LiO4. The number of hydrogen-bond donors (Lipinski definition) is 1. The van der Waals surface area contributed by atoms with Crippen molar-refractivity contribution >= 4 is 12.9 Å². The Morgan fingerprint density at radius 2 is 1.43 bits per heavy atom. The van der Waals surface area contributed by atoms with E-state index in [2.05, 4.69) is 0 Å². The minimum Gasteiger partial charge on any atom is -0.554 e. The Labute approximate surface area is 52.3 Å². The van der Waals surface area contributed by atoms with E-state index in [1.54, 1.807) is 0 Å². The molecule has 0 spiro atoms. The zero-order valence-electron chi connectivity index (χ0n) is 3.83. The molecule has 0 aromatic carbocycles. The Hall–Kier alpha value is -0.463. The van der Waals surface area contributed by atoms with Gasteiger partial charge in [0.25, 0.3) is 6.47 Å². The van der Waals surface area contributed by atoms with Crippen LogP contribution >= 0.6 is 0 Å². The Bertz CT molecular complexity index is 30.7. The minimum absolute atomic E-state index is 0. The van der Waals surface area contributed by atoms with Gasteiger partial charge in [-0.25, -0.2) is 0 Å². The smallest absolute Gasteiger partial charge is 0.554 e. The maximum Gasteiger partial charge on any atom is 1.00 e. The van der Waals surface area contributed by atoms with Crippen LogP contribution in [0, 0.1) is 0 Å². The van der Waals surface area contributed by atoms with Gasteiger partial charge in [-0.3, -0.25) is 4.79 Å². The molecule has 0 aliphatic rings. The van der Waals surface area contributed by atoms with Gasteiger partial charge < -0.3 is 15.0 Å². The van der Waals surface area contributed by atoms with Gasteiger partial charge in [-0.1, -0.05) is 0 Å². The molecule has 0 atom stereocenters. The first kappa shape index (κ1) is 16.0. The SMILES string of the molecule is O=CO.O=C[O-].[Li+]. The maximum atomic E-state index is 8.36. The van der Waals surface area contributed by atoms with Crippen LogP contribution in [0.4, 0.5) is 0 Å². The van der Waals surface area contributed by atoms with E-state index < -0.39 is 6.47 Å². The number of rotatable bonds is 0. The molecule has 36 valence electrons. The Kier molecular flexibility index (Phi) is 110. The molecule has 0 heterocycles. The first-order valence-corrected chi connectivity index (χ1v) is 0.965. The van der Waals surface area contributed by atoms with Crippen LogP contribution in [0.5, 0.6) is 0 Å². The van der Waals surface area contributed by atoms with E-state index in [1.165, 1.54) is 0 Å². The minimum atomic E-state index is -0.500. The predicted octanol–water partition coefficient (Wildman–Crippen LogP) is -4.93. The van der Waals surface area contributed by atoms with Crippen LogP contribution in [0.25, 0.3) is 0 Å². The van der Waals surface area contributed by atoms with Gasteiger partial charge in [-0.15, -0.1) is 0 Å². The molecule has 0 aromatic heterocycles. The summed E-state index contributed by atoms with van der Waals surface area (Å²) in [7, 11) is 0. The zero-order chi connectivity index (χ0) is 5.41. The molecule has 0 fully saturated rings. The van der Waals surface area contributed by atoms with Crippen LogP contribution in [-0.4, -0.2) is 18.1 Å². The summed E-state index contributed by atoms with van der Waals surface area (Å²) < 4.78 is 0. The van der Waals surface area contributed by atoms with E-state index in [4.69, 9.17) is 19.8 Å². The Balaban J connectivity index is -0.0000000400. The van der Waals surface area contributed by atoms with Gasteiger partial charge >= 0.3 is 18.9 Å². The number of carbonyl (C=O) groups is 2. The average molecular weight is 98.0 g/mol. The molecule has 0 rings (SSSR count). The molecule has 0 aliphatic heterocycles. The summed E-state index contributed by atoms with van der Waals surface area (Å²) in [6.07, 6.45) is 0. The molecule has 1 N–H and O–H groups in total. The third-order valence-corrected chi connectivity index (χ3v) is 0. The topological polar surface area (TPSA) is 77.4 Å². The third-order valence-electron chi connectivity index (χ3n) is 0. The van der Waals surface area contributed by atoms with Crippen LogP contribution in [-0.2, 0) is 9.59 Å². The number of hydrogen-bond acceptors (Lipinski definition) is 3. The van der Waals surface area contributed by atoms with E-state index in [1.807, 2.05) is 0 Å². The van der Waals surface area contributed by atoms with Crippen molar-refractivity contribution in [2.24, 2.45) is 0 Å². The summed E-state index contributed by atoms with van der Waals surface area (Å²) in [6, 6.07) is 0. The van der Waals surface area contributed by atoms with Gasteiger partial charge in [0, 0.05) is 6.47 Å². The molecule has 0 saturated carbocycles.